The minimum absolute atomic E-state index is 0.125. The minimum Gasteiger partial charge on any atom is -0.478 e. The van der Waals surface area contributed by atoms with Crippen molar-refractivity contribution in [2.75, 3.05) is 24.3 Å². The Balaban J connectivity index is 1.86. The van der Waals surface area contributed by atoms with Crippen LogP contribution in [0.15, 0.2) is 65.5 Å². The molecule has 4 aromatic rings. The predicted molar refractivity (Wildman–Crippen MR) is 137 cm³/mol. The summed E-state index contributed by atoms with van der Waals surface area (Å²) in [6.45, 7) is 3.88. The van der Waals surface area contributed by atoms with Crippen molar-refractivity contribution in [3.8, 4) is 11.4 Å². The van der Waals surface area contributed by atoms with Crippen LogP contribution in [0.4, 0.5) is 11.4 Å². The van der Waals surface area contributed by atoms with Gasteiger partial charge in [0.05, 0.1) is 22.5 Å². The molecule has 7 nitrogen and oxygen atoms in total. The molecule has 0 saturated carbocycles. The van der Waals surface area contributed by atoms with Gasteiger partial charge < -0.3 is 15.3 Å². The fourth-order valence-corrected chi connectivity index (χ4v) is 4.16. The van der Waals surface area contributed by atoms with Crippen LogP contribution in [-0.4, -0.2) is 34.7 Å². The van der Waals surface area contributed by atoms with Crippen LogP contribution in [-0.2, 0) is 7.05 Å². The number of carbonyl (C=O) groups is 1. The van der Waals surface area contributed by atoms with Crippen LogP contribution in [0.25, 0.3) is 22.3 Å². The van der Waals surface area contributed by atoms with Crippen molar-refractivity contribution in [3.63, 3.8) is 0 Å². The third-order valence-corrected chi connectivity index (χ3v) is 5.99. The molecule has 7 heteroatoms. The quantitative estimate of drug-likeness (QED) is 0.431. The standard InChI is InChI=1S/C27H28N4O3/c1-16-14-21(17(2)28-23-9-7-6-8-20(23)27(33)34)24-22(15-16)26(32)31(5)25(29-24)18-10-12-19(13-11-18)30(3)4/h6-15,17,28H,1-5H3,(H,33,34)/t17-/m1/s1. The Morgan fingerprint density at radius 1 is 1.09 bits per heavy atom. The van der Waals surface area contributed by atoms with Crippen molar-refractivity contribution >= 4 is 28.2 Å². The van der Waals surface area contributed by atoms with Crippen molar-refractivity contribution in [3.05, 3.63) is 87.7 Å². The van der Waals surface area contributed by atoms with Crippen LogP contribution >= 0.6 is 0 Å². The summed E-state index contributed by atoms with van der Waals surface area (Å²) < 4.78 is 1.58. The van der Waals surface area contributed by atoms with Crippen LogP contribution in [0.2, 0.25) is 0 Å². The number of carboxylic acids is 1. The lowest BCUT2D eigenvalue weighted by Crippen LogP contribution is -2.22. The van der Waals surface area contributed by atoms with Gasteiger partial charge >= 0.3 is 5.97 Å². The second-order valence-electron chi connectivity index (χ2n) is 8.71. The van der Waals surface area contributed by atoms with E-state index in [0.29, 0.717) is 22.4 Å². The highest BCUT2D eigenvalue weighted by Gasteiger charge is 2.19. The van der Waals surface area contributed by atoms with Crippen LogP contribution in [0.1, 0.15) is 34.5 Å². The molecule has 1 atom stereocenters. The van der Waals surface area contributed by atoms with Crippen molar-refractivity contribution in [2.24, 2.45) is 7.05 Å². The molecule has 0 fully saturated rings. The van der Waals surface area contributed by atoms with Gasteiger partial charge in [0.2, 0.25) is 0 Å². The molecule has 0 aliphatic carbocycles. The highest BCUT2D eigenvalue weighted by molar-refractivity contribution is 5.94. The zero-order chi connectivity index (χ0) is 24.6. The molecule has 0 radical (unpaired) electrons. The summed E-state index contributed by atoms with van der Waals surface area (Å²) in [6.07, 6.45) is 0. The van der Waals surface area contributed by atoms with E-state index >= 15 is 0 Å². The summed E-state index contributed by atoms with van der Waals surface area (Å²) in [4.78, 5) is 31.9. The van der Waals surface area contributed by atoms with Gasteiger partial charge in [-0.1, -0.05) is 18.2 Å². The number of nitrogens with zero attached hydrogens (tertiary/aromatic N) is 3. The summed E-state index contributed by atoms with van der Waals surface area (Å²) in [6, 6.07) is 18.3. The molecule has 34 heavy (non-hydrogen) atoms. The smallest absolute Gasteiger partial charge is 0.337 e. The fourth-order valence-electron chi connectivity index (χ4n) is 4.16. The molecule has 2 N–H and O–H groups in total. The molecule has 0 spiro atoms. The van der Waals surface area contributed by atoms with Crippen LogP contribution in [0, 0.1) is 6.92 Å². The molecule has 0 saturated heterocycles. The number of carboxylic acid groups (broad SMARTS) is 1. The Kier molecular flexibility index (Phi) is 6.11. The molecule has 3 aromatic carbocycles. The van der Waals surface area contributed by atoms with E-state index in [1.54, 1.807) is 35.9 Å². The first-order valence-corrected chi connectivity index (χ1v) is 11.0. The Bertz CT molecular complexity index is 1440. The average molecular weight is 457 g/mol. The summed E-state index contributed by atoms with van der Waals surface area (Å²) in [7, 11) is 5.69. The van der Waals surface area contributed by atoms with Crippen molar-refractivity contribution < 1.29 is 9.90 Å². The summed E-state index contributed by atoms with van der Waals surface area (Å²) in [5, 5.41) is 13.4. The molecule has 0 aliphatic heterocycles. The highest BCUT2D eigenvalue weighted by Crippen LogP contribution is 2.29. The van der Waals surface area contributed by atoms with E-state index in [-0.39, 0.29) is 17.2 Å². The summed E-state index contributed by atoms with van der Waals surface area (Å²) >= 11 is 0. The van der Waals surface area contributed by atoms with Gasteiger partial charge in [-0.15, -0.1) is 0 Å². The molecular formula is C27H28N4O3. The van der Waals surface area contributed by atoms with E-state index in [9.17, 15) is 14.7 Å². The van der Waals surface area contributed by atoms with Gasteiger partial charge in [-0.05, 0) is 61.9 Å². The topological polar surface area (TPSA) is 87.5 Å². The lowest BCUT2D eigenvalue weighted by Gasteiger charge is -2.20. The molecule has 1 heterocycles. The highest BCUT2D eigenvalue weighted by atomic mass is 16.4. The number of benzene rings is 3. The van der Waals surface area contributed by atoms with E-state index in [2.05, 4.69) is 5.32 Å². The first kappa shape index (κ1) is 23.0. The molecule has 0 unspecified atom stereocenters. The van der Waals surface area contributed by atoms with Gasteiger partial charge in [-0.2, -0.15) is 0 Å². The predicted octanol–water partition coefficient (Wildman–Crippen LogP) is 4.85. The zero-order valence-electron chi connectivity index (χ0n) is 20.0. The van der Waals surface area contributed by atoms with Gasteiger partial charge in [0.1, 0.15) is 5.82 Å². The van der Waals surface area contributed by atoms with Gasteiger partial charge in [0, 0.05) is 43.6 Å². The number of fused-ring (bicyclic) bond motifs is 1. The number of anilines is 2. The third-order valence-electron chi connectivity index (χ3n) is 5.99. The van der Waals surface area contributed by atoms with Crippen LogP contribution in [0.3, 0.4) is 0 Å². The molecule has 174 valence electrons. The first-order chi connectivity index (χ1) is 16.2. The van der Waals surface area contributed by atoms with E-state index in [0.717, 1.165) is 22.4 Å². The Labute approximate surface area is 198 Å². The maximum absolute atomic E-state index is 13.3. The number of hydrogen-bond acceptors (Lipinski definition) is 5. The number of hydrogen-bond donors (Lipinski definition) is 2. The normalized spacial score (nSPS) is 11.9. The van der Waals surface area contributed by atoms with Crippen molar-refractivity contribution in [1.29, 1.82) is 0 Å². The Hall–Kier alpha value is -4.13. The molecular weight excluding hydrogens is 428 g/mol. The van der Waals surface area contributed by atoms with Gasteiger partial charge in [0.25, 0.3) is 5.56 Å². The maximum atomic E-state index is 13.3. The van der Waals surface area contributed by atoms with Gasteiger partial charge in [-0.3, -0.25) is 9.36 Å². The second kappa shape index (κ2) is 9.02. The number of para-hydroxylation sites is 1. The third kappa shape index (κ3) is 4.24. The molecule has 1 aromatic heterocycles. The lowest BCUT2D eigenvalue weighted by atomic mass is 10.00. The van der Waals surface area contributed by atoms with Crippen LogP contribution < -0.4 is 15.8 Å². The average Bonchev–Trinajstić information content (AvgIpc) is 2.81. The van der Waals surface area contributed by atoms with E-state index < -0.39 is 5.97 Å². The second-order valence-corrected chi connectivity index (χ2v) is 8.71. The number of rotatable bonds is 6. The maximum Gasteiger partial charge on any atom is 0.337 e. The van der Waals surface area contributed by atoms with Crippen molar-refractivity contribution in [1.82, 2.24) is 9.55 Å². The van der Waals surface area contributed by atoms with Crippen LogP contribution in [0.5, 0.6) is 0 Å². The lowest BCUT2D eigenvalue weighted by molar-refractivity contribution is 0.0698. The SMILES string of the molecule is Cc1cc([C@@H](C)Nc2ccccc2C(=O)O)c2nc(-c3ccc(N(C)C)cc3)n(C)c(=O)c2c1. The number of nitrogens with one attached hydrogen (secondary N) is 1. The first-order valence-electron chi connectivity index (χ1n) is 11.0. The zero-order valence-corrected chi connectivity index (χ0v) is 20.0. The van der Waals surface area contributed by atoms with E-state index in [4.69, 9.17) is 4.98 Å². The van der Waals surface area contributed by atoms with Crippen molar-refractivity contribution in [2.45, 2.75) is 19.9 Å². The molecule has 0 amide bonds. The number of aromatic carboxylic acids is 1. The molecule has 4 rings (SSSR count). The van der Waals surface area contributed by atoms with E-state index in [1.165, 1.54) is 0 Å². The monoisotopic (exact) mass is 456 g/mol. The number of aryl methyl sites for hydroxylation is 1. The van der Waals surface area contributed by atoms with Gasteiger partial charge in [0.15, 0.2) is 0 Å². The number of aromatic nitrogens is 2. The Morgan fingerprint density at radius 3 is 2.41 bits per heavy atom. The fraction of sp³-hybridized carbons (Fsp3) is 0.222. The largest absolute Gasteiger partial charge is 0.478 e. The van der Waals surface area contributed by atoms with E-state index in [1.807, 2.05) is 69.2 Å². The summed E-state index contributed by atoms with van der Waals surface area (Å²) in [5.41, 5.74) is 4.85. The summed E-state index contributed by atoms with van der Waals surface area (Å²) in [5.74, 6) is -0.425. The molecule has 0 aliphatic rings. The molecule has 0 bridgehead atoms. The Morgan fingerprint density at radius 2 is 1.76 bits per heavy atom. The minimum atomic E-state index is -1.00. The van der Waals surface area contributed by atoms with Gasteiger partial charge in [-0.25, -0.2) is 9.78 Å².